The van der Waals surface area contributed by atoms with Gasteiger partial charge in [-0.1, -0.05) is 18.2 Å². The van der Waals surface area contributed by atoms with Gasteiger partial charge in [0.25, 0.3) is 0 Å². The van der Waals surface area contributed by atoms with Crippen molar-refractivity contribution in [1.29, 1.82) is 0 Å². The molecule has 1 fully saturated rings. The zero-order valence-electron chi connectivity index (χ0n) is 11.4. The summed E-state index contributed by atoms with van der Waals surface area (Å²) in [5.41, 5.74) is 0. The minimum absolute atomic E-state index is 0.128. The van der Waals surface area contributed by atoms with Gasteiger partial charge in [0.05, 0.1) is 19.5 Å². The molecule has 1 saturated heterocycles. The van der Waals surface area contributed by atoms with E-state index in [2.05, 4.69) is 5.32 Å². The van der Waals surface area contributed by atoms with Gasteiger partial charge >= 0.3 is 12.0 Å². The van der Waals surface area contributed by atoms with E-state index in [9.17, 15) is 9.59 Å². The smallest absolute Gasteiger partial charge is 0.317 e. The van der Waals surface area contributed by atoms with Crippen molar-refractivity contribution < 1.29 is 14.3 Å². The number of hydrogen-bond donors (Lipinski definition) is 1. The molecule has 20 heavy (non-hydrogen) atoms. The summed E-state index contributed by atoms with van der Waals surface area (Å²) in [6.45, 7) is 0.837. The Balaban J connectivity index is 1.67. The highest BCUT2D eigenvalue weighted by Gasteiger charge is 2.24. The number of rotatable bonds is 5. The summed E-state index contributed by atoms with van der Waals surface area (Å²) >= 11 is 1.63. The number of thioether (sulfide) groups is 1. The third-order valence-corrected chi connectivity index (χ3v) is 3.94. The van der Waals surface area contributed by atoms with Crippen molar-refractivity contribution in [2.24, 2.45) is 0 Å². The minimum atomic E-state index is -0.257. The van der Waals surface area contributed by atoms with Crippen LogP contribution in [0, 0.1) is 0 Å². The van der Waals surface area contributed by atoms with E-state index >= 15 is 0 Å². The summed E-state index contributed by atoms with van der Waals surface area (Å²) in [6.07, 6.45) is 0.111. The third-order valence-electron chi connectivity index (χ3n) is 2.92. The summed E-state index contributed by atoms with van der Waals surface area (Å²) in [4.78, 5) is 25.6. The molecule has 0 saturated carbocycles. The molecule has 0 aliphatic carbocycles. The molecular formula is C14H18N2O3S. The second-order valence-electron chi connectivity index (χ2n) is 4.59. The Morgan fingerprint density at radius 2 is 2.20 bits per heavy atom. The lowest BCUT2D eigenvalue weighted by atomic mass is 10.3. The van der Waals surface area contributed by atoms with E-state index in [-0.39, 0.29) is 18.1 Å². The molecule has 0 bridgehead atoms. The summed E-state index contributed by atoms with van der Waals surface area (Å²) < 4.78 is 5.34. The van der Waals surface area contributed by atoms with Crippen molar-refractivity contribution in [2.75, 3.05) is 25.9 Å². The third kappa shape index (κ3) is 4.45. The Morgan fingerprint density at radius 1 is 1.45 bits per heavy atom. The number of amides is 2. The highest BCUT2D eigenvalue weighted by atomic mass is 32.2. The van der Waals surface area contributed by atoms with Crippen LogP contribution in [0.15, 0.2) is 35.2 Å². The molecule has 1 aromatic carbocycles. The zero-order chi connectivity index (χ0) is 14.4. The van der Waals surface area contributed by atoms with Gasteiger partial charge in [0.15, 0.2) is 0 Å². The molecular weight excluding hydrogens is 276 g/mol. The molecule has 2 rings (SSSR count). The minimum Gasteiger partial charge on any atom is -0.459 e. The van der Waals surface area contributed by atoms with Gasteiger partial charge in [0, 0.05) is 17.7 Å². The topological polar surface area (TPSA) is 58.6 Å². The molecule has 108 valence electrons. The molecule has 1 atom stereocenters. The molecule has 0 radical (unpaired) electrons. The second-order valence-corrected chi connectivity index (χ2v) is 5.76. The Bertz CT molecular complexity index is 467. The number of carbonyl (C=O) groups excluding carboxylic acids is 2. The van der Waals surface area contributed by atoms with Gasteiger partial charge in [-0.05, 0) is 12.1 Å². The first-order valence-electron chi connectivity index (χ1n) is 6.51. The standard InChI is InChI=1S/C14H18N2O3S/c1-16-10-11(9-15-14(16)18)19-13(17)7-8-20-12-5-3-2-4-6-12/h2-6,11H,7-10H2,1H3,(H,15,18). The SMILES string of the molecule is CN1CC(OC(=O)CCSc2ccccc2)CNC1=O. The molecule has 6 heteroatoms. The maximum absolute atomic E-state index is 11.7. The fourth-order valence-electron chi connectivity index (χ4n) is 1.88. The monoisotopic (exact) mass is 294 g/mol. The Kier molecular flexibility index (Phi) is 5.29. The van der Waals surface area contributed by atoms with Gasteiger partial charge < -0.3 is 15.0 Å². The van der Waals surface area contributed by atoms with Gasteiger partial charge in [-0.2, -0.15) is 0 Å². The molecule has 1 N–H and O–H groups in total. The van der Waals surface area contributed by atoms with Crippen molar-refractivity contribution in [3.8, 4) is 0 Å². The molecule has 1 unspecified atom stereocenters. The van der Waals surface area contributed by atoms with Crippen LogP contribution in [0.25, 0.3) is 0 Å². The van der Waals surface area contributed by atoms with Crippen LogP contribution in [-0.2, 0) is 9.53 Å². The number of ether oxygens (including phenoxy) is 1. The average molecular weight is 294 g/mol. The van der Waals surface area contributed by atoms with E-state index < -0.39 is 0 Å². The first kappa shape index (κ1) is 14.7. The Morgan fingerprint density at radius 3 is 2.90 bits per heavy atom. The van der Waals surface area contributed by atoms with Gasteiger partial charge in [-0.15, -0.1) is 11.8 Å². The normalized spacial score (nSPS) is 18.6. The number of hydrogen-bond acceptors (Lipinski definition) is 4. The number of benzene rings is 1. The summed E-state index contributed by atoms with van der Waals surface area (Å²) in [6, 6.07) is 9.81. The van der Waals surface area contributed by atoms with Crippen LogP contribution >= 0.6 is 11.8 Å². The van der Waals surface area contributed by atoms with Crippen molar-refractivity contribution in [1.82, 2.24) is 10.2 Å². The number of esters is 1. The molecule has 1 aromatic rings. The van der Waals surface area contributed by atoms with Crippen LogP contribution in [-0.4, -0.2) is 48.9 Å². The van der Waals surface area contributed by atoms with Gasteiger partial charge in [-0.25, -0.2) is 4.79 Å². The summed E-state index contributed by atoms with van der Waals surface area (Å²) in [5, 5.41) is 2.67. The highest BCUT2D eigenvalue weighted by molar-refractivity contribution is 7.99. The summed E-state index contributed by atoms with van der Waals surface area (Å²) in [5.74, 6) is 0.473. The lowest BCUT2D eigenvalue weighted by molar-refractivity contribution is -0.149. The van der Waals surface area contributed by atoms with Crippen molar-refractivity contribution >= 4 is 23.8 Å². The van der Waals surface area contributed by atoms with Gasteiger partial charge in [0.1, 0.15) is 6.10 Å². The maximum atomic E-state index is 11.7. The number of nitrogens with one attached hydrogen (secondary N) is 1. The highest BCUT2D eigenvalue weighted by Crippen LogP contribution is 2.18. The van der Waals surface area contributed by atoms with Crippen molar-refractivity contribution in [2.45, 2.75) is 17.4 Å². The largest absolute Gasteiger partial charge is 0.459 e. The van der Waals surface area contributed by atoms with Crippen LogP contribution < -0.4 is 5.32 Å². The molecule has 0 spiro atoms. The fourth-order valence-corrected chi connectivity index (χ4v) is 2.74. The van der Waals surface area contributed by atoms with E-state index in [1.54, 1.807) is 18.8 Å². The van der Waals surface area contributed by atoms with Crippen molar-refractivity contribution in [3.05, 3.63) is 30.3 Å². The maximum Gasteiger partial charge on any atom is 0.317 e. The van der Waals surface area contributed by atoms with Crippen LogP contribution in [0.3, 0.4) is 0 Å². The van der Waals surface area contributed by atoms with E-state index in [1.165, 1.54) is 4.90 Å². The molecule has 1 aliphatic heterocycles. The van der Waals surface area contributed by atoms with Crippen LogP contribution in [0.4, 0.5) is 4.79 Å². The second kappa shape index (κ2) is 7.19. The zero-order valence-corrected chi connectivity index (χ0v) is 12.2. The van der Waals surface area contributed by atoms with E-state index in [0.29, 0.717) is 25.3 Å². The lowest BCUT2D eigenvalue weighted by Gasteiger charge is -2.30. The van der Waals surface area contributed by atoms with Crippen LogP contribution in [0.2, 0.25) is 0 Å². The Labute approximate surface area is 122 Å². The van der Waals surface area contributed by atoms with E-state index in [1.807, 2.05) is 30.3 Å². The molecule has 1 aliphatic rings. The quantitative estimate of drug-likeness (QED) is 0.664. The number of likely N-dealkylation sites (N-methyl/N-ethyl adjacent to an activating group) is 1. The lowest BCUT2D eigenvalue weighted by Crippen LogP contribution is -2.53. The first-order valence-corrected chi connectivity index (χ1v) is 7.50. The average Bonchev–Trinajstić information content (AvgIpc) is 2.44. The fraction of sp³-hybridized carbons (Fsp3) is 0.429. The number of nitrogens with zero attached hydrogens (tertiary/aromatic N) is 1. The first-order chi connectivity index (χ1) is 9.65. The predicted molar refractivity (Wildman–Crippen MR) is 77.7 cm³/mol. The number of carbonyl (C=O) groups is 2. The molecule has 2 amide bonds. The summed E-state index contributed by atoms with van der Waals surface area (Å²) in [7, 11) is 1.68. The Hall–Kier alpha value is -1.69. The van der Waals surface area contributed by atoms with Crippen LogP contribution in [0.5, 0.6) is 0 Å². The molecule has 1 heterocycles. The van der Waals surface area contributed by atoms with E-state index in [4.69, 9.17) is 4.74 Å². The molecule has 5 nitrogen and oxygen atoms in total. The number of urea groups is 1. The van der Waals surface area contributed by atoms with Crippen molar-refractivity contribution in [3.63, 3.8) is 0 Å². The van der Waals surface area contributed by atoms with Gasteiger partial charge in [0.2, 0.25) is 0 Å². The predicted octanol–water partition coefficient (Wildman–Crippen LogP) is 1.74. The van der Waals surface area contributed by atoms with Crippen LogP contribution in [0.1, 0.15) is 6.42 Å². The van der Waals surface area contributed by atoms with Gasteiger partial charge in [-0.3, -0.25) is 4.79 Å². The molecule has 0 aromatic heterocycles. The van der Waals surface area contributed by atoms with E-state index in [0.717, 1.165) is 4.90 Å².